The van der Waals surface area contributed by atoms with E-state index in [4.69, 9.17) is 10.1 Å². The number of hydrogen-bond donors (Lipinski definition) is 5. The molecule has 4 aliphatic carbocycles. The zero-order valence-corrected chi connectivity index (χ0v) is 19.5. The number of nitrogens with zero attached hydrogens (tertiary/aromatic N) is 1. The second kappa shape index (κ2) is 8.91. The van der Waals surface area contributed by atoms with E-state index in [1.165, 1.54) is 0 Å². The number of aliphatic hydroxyl groups is 1. The van der Waals surface area contributed by atoms with E-state index in [-0.39, 0.29) is 17.8 Å². The summed E-state index contributed by atoms with van der Waals surface area (Å²) in [5.41, 5.74) is 1.72. The number of amides is 1. The summed E-state index contributed by atoms with van der Waals surface area (Å²) in [7, 11) is 0. The van der Waals surface area contributed by atoms with Crippen LogP contribution in [0.4, 0.5) is 0 Å². The molecule has 5 rings (SSSR count). The molecule has 0 spiro atoms. The SMILES string of the molecule is C[C@]1(O)CC[C@H](N/C=C2/C=C(NC(=O)c3cccc(C4CC4)[n+]3O)C(OC3CC3)=CC2=N)CC1. The first-order chi connectivity index (χ1) is 16.3. The normalized spacial score (nSPS) is 28.2. The van der Waals surface area contributed by atoms with Crippen molar-refractivity contribution < 1.29 is 24.6 Å². The highest BCUT2D eigenvalue weighted by molar-refractivity contribution is 6.10. The molecule has 0 atom stereocenters. The second-order valence-electron chi connectivity index (χ2n) is 10.2. The van der Waals surface area contributed by atoms with Gasteiger partial charge in [-0.05, 0) is 70.4 Å². The van der Waals surface area contributed by atoms with E-state index in [1.807, 2.05) is 19.2 Å². The maximum atomic E-state index is 13.1. The zero-order chi connectivity index (χ0) is 23.9. The molecule has 3 saturated carbocycles. The Hall–Kier alpha value is -3.13. The highest BCUT2D eigenvalue weighted by atomic mass is 16.5. The minimum Gasteiger partial charge on any atom is -0.488 e. The van der Waals surface area contributed by atoms with Crippen LogP contribution in [0.3, 0.4) is 0 Å². The quantitative estimate of drug-likeness (QED) is 0.313. The number of allylic oxidation sites excluding steroid dienone is 3. The molecule has 0 radical (unpaired) electrons. The van der Waals surface area contributed by atoms with Crippen LogP contribution in [0.2, 0.25) is 0 Å². The summed E-state index contributed by atoms with van der Waals surface area (Å²) in [6, 6.07) is 5.45. The zero-order valence-electron chi connectivity index (χ0n) is 19.5. The van der Waals surface area contributed by atoms with E-state index in [2.05, 4.69) is 10.6 Å². The molecular formula is C26H33N4O4+. The van der Waals surface area contributed by atoms with E-state index < -0.39 is 11.5 Å². The first-order valence-corrected chi connectivity index (χ1v) is 12.2. The Morgan fingerprint density at radius 2 is 1.91 bits per heavy atom. The Labute approximate surface area is 199 Å². The molecule has 1 aromatic heterocycles. The topological polar surface area (TPSA) is 119 Å². The summed E-state index contributed by atoms with van der Waals surface area (Å²) in [5.74, 6) is 0.330. The Kier molecular flexibility index (Phi) is 5.93. The summed E-state index contributed by atoms with van der Waals surface area (Å²) in [4.78, 5) is 13.1. The van der Waals surface area contributed by atoms with Gasteiger partial charge >= 0.3 is 11.6 Å². The van der Waals surface area contributed by atoms with E-state index in [0.717, 1.165) is 61.8 Å². The van der Waals surface area contributed by atoms with Crippen molar-refractivity contribution >= 4 is 11.6 Å². The predicted octanol–water partition coefficient (Wildman–Crippen LogP) is 2.97. The fraction of sp³-hybridized carbons (Fsp3) is 0.500. The Morgan fingerprint density at radius 3 is 2.59 bits per heavy atom. The molecule has 8 heteroatoms. The highest BCUT2D eigenvalue weighted by Gasteiger charge is 2.36. The Balaban J connectivity index is 1.34. The summed E-state index contributed by atoms with van der Waals surface area (Å²) in [5, 5.41) is 35.5. The van der Waals surface area contributed by atoms with Crippen LogP contribution in [0.25, 0.3) is 0 Å². The van der Waals surface area contributed by atoms with Crippen LogP contribution in [0, 0.1) is 5.41 Å². The van der Waals surface area contributed by atoms with Gasteiger partial charge in [0.1, 0.15) is 5.76 Å². The number of ether oxygens (including phenoxy) is 1. The molecule has 3 fully saturated rings. The van der Waals surface area contributed by atoms with Crippen LogP contribution >= 0.6 is 0 Å². The van der Waals surface area contributed by atoms with Gasteiger partial charge in [-0.15, -0.1) is 0 Å². The molecule has 0 saturated heterocycles. The maximum Gasteiger partial charge on any atom is 0.325 e. The molecule has 8 nitrogen and oxygen atoms in total. The molecule has 5 N–H and O–H groups in total. The summed E-state index contributed by atoms with van der Waals surface area (Å²) in [6.07, 6.45) is 12.4. The molecular weight excluding hydrogens is 432 g/mol. The number of carbonyl (C=O) groups is 1. The lowest BCUT2D eigenvalue weighted by Crippen LogP contribution is -2.45. The third-order valence-corrected chi connectivity index (χ3v) is 6.98. The summed E-state index contributed by atoms with van der Waals surface area (Å²) < 4.78 is 6.97. The smallest absolute Gasteiger partial charge is 0.325 e. The first-order valence-electron chi connectivity index (χ1n) is 12.2. The van der Waals surface area contributed by atoms with Gasteiger partial charge in [0.2, 0.25) is 5.69 Å². The molecule has 1 heterocycles. The van der Waals surface area contributed by atoms with Crippen molar-refractivity contribution in [2.24, 2.45) is 0 Å². The molecule has 4 aliphatic rings. The van der Waals surface area contributed by atoms with Gasteiger partial charge in [-0.3, -0.25) is 10.0 Å². The van der Waals surface area contributed by atoms with Crippen molar-refractivity contribution in [3.05, 3.63) is 65.0 Å². The summed E-state index contributed by atoms with van der Waals surface area (Å²) >= 11 is 0. The number of aromatic nitrogens is 1. The molecule has 0 aliphatic heterocycles. The standard InChI is InChI=1S/C26H32N4O4/c1-26(32)11-9-18(10-12-26)28-15-17-13-21(24(14-20(17)27)34-19-7-8-19)29-25(31)23-4-2-3-22(30(23)33)16-5-6-16/h2-4,13-16,18-19,27,31-33H,5-12H2,1H3/p+1/t18-,26-. The number of rotatable bonds is 7. The van der Waals surface area contributed by atoms with E-state index >= 15 is 0 Å². The van der Waals surface area contributed by atoms with Crippen LogP contribution in [-0.4, -0.2) is 39.7 Å². The Bertz CT molecular complexity index is 1090. The first kappa shape index (κ1) is 22.7. The monoisotopic (exact) mass is 465 g/mol. The van der Waals surface area contributed by atoms with Crippen LogP contribution in [0.15, 0.2) is 53.6 Å². The minimum absolute atomic E-state index is 0.110. The Morgan fingerprint density at radius 1 is 1.18 bits per heavy atom. The van der Waals surface area contributed by atoms with Crippen LogP contribution < -0.4 is 15.4 Å². The number of pyridine rings is 1. The van der Waals surface area contributed by atoms with Crippen molar-refractivity contribution in [3.63, 3.8) is 0 Å². The van der Waals surface area contributed by atoms with Crippen molar-refractivity contribution in [2.75, 3.05) is 0 Å². The van der Waals surface area contributed by atoms with Crippen molar-refractivity contribution in [1.82, 2.24) is 10.6 Å². The predicted molar refractivity (Wildman–Crippen MR) is 125 cm³/mol. The maximum absolute atomic E-state index is 13.1. The molecule has 0 bridgehead atoms. The van der Waals surface area contributed by atoms with Gasteiger partial charge in [-0.1, -0.05) is 0 Å². The van der Waals surface area contributed by atoms with Gasteiger partial charge in [0.25, 0.3) is 0 Å². The van der Waals surface area contributed by atoms with Crippen LogP contribution in [-0.2, 0) is 4.74 Å². The molecule has 0 unspecified atom stereocenters. The van der Waals surface area contributed by atoms with Gasteiger partial charge in [-0.2, -0.15) is 0 Å². The molecule has 1 aromatic rings. The lowest BCUT2D eigenvalue weighted by Gasteiger charge is -2.33. The average Bonchev–Trinajstić information content (AvgIpc) is 3.71. The average molecular weight is 466 g/mol. The van der Waals surface area contributed by atoms with Crippen LogP contribution in [0.5, 0.6) is 0 Å². The van der Waals surface area contributed by atoms with Crippen molar-refractivity contribution in [2.45, 2.75) is 82.0 Å². The van der Waals surface area contributed by atoms with Gasteiger partial charge < -0.3 is 25.9 Å². The third-order valence-electron chi connectivity index (χ3n) is 6.98. The van der Waals surface area contributed by atoms with Crippen molar-refractivity contribution in [1.29, 1.82) is 5.41 Å². The largest absolute Gasteiger partial charge is 0.488 e. The third kappa shape index (κ3) is 5.17. The number of hydrogen-bond acceptors (Lipinski definition) is 6. The molecule has 1 amide bonds. The van der Waals surface area contributed by atoms with Gasteiger partial charge in [0, 0.05) is 46.7 Å². The number of carbonyl (C=O) groups excluding carboxylic acids is 1. The lowest BCUT2D eigenvalue weighted by atomic mass is 9.84. The highest BCUT2D eigenvalue weighted by Crippen LogP contribution is 2.38. The van der Waals surface area contributed by atoms with Crippen LogP contribution in [0.1, 0.15) is 80.4 Å². The minimum atomic E-state index is -0.599. The van der Waals surface area contributed by atoms with Crippen molar-refractivity contribution in [3.8, 4) is 0 Å². The van der Waals surface area contributed by atoms with E-state index in [0.29, 0.717) is 28.7 Å². The fourth-order valence-electron chi connectivity index (χ4n) is 4.46. The molecule has 0 aromatic carbocycles. The second-order valence-corrected chi connectivity index (χ2v) is 10.2. The van der Waals surface area contributed by atoms with E-state index in [1.54, 1.807) is 24.3 Å². The van der Waals surface area contributed by atoms with Gasteiger partial charge in [0.05, 0.1) is 23.1 Å². The molecule has 34 heavy (non-hydrogen) atoms. The lowest BCUT2D eigenvalue weighted by molar-refractivity contribution is -0.910. The fourth-order valence-corrected chi connectivity index (χ4v) is 4.46. The van der Waals surface area contributed by atoms with E-state index in [9.17, 15) is 15.1 Å². The molecule has 180 valence electrons. The van der Waals surface area contributed by atoms with Gasteiger partial charge in [0.15, 0.2) is 0 Å². The van der Waals surface area contributed by atoms with Gasteiger partial charge in [-0.25, -0.2) is 0 Å². The number of nitrogens with one attached hydrogen (secondary N) is 3. The summed E-state index contributed by atoms with van der Waals surface area (Å²) in [6.45, 7) is 1.87.